The Kier molecular flexibility index (Phi) is 10.0. The van der Waals surface area contributed by atoms with Gasteiger partial charge in [-0.3, -0.25) is 4.90 Å². The van der Waals surface area contributed by atoms with Crippen LogP contribution in [-0.4, -0.2) is 78.3 Å². The van der Waals surface area contributed by atoms with Crippen LogP contribution in [0.4, 0.5) is 42.5 Å². The van der Waals surface area contributed by atoms with Crippen molar-refractivity contribution in [3.05, 3.63) is 70.4 Å². The molecule has 2 aromatic heterocycles. The second-order valence-corrected chi connectivity index (χ2v) is 11.5. The third-order valence-corrected chi connectivity index (χ3v) is 8.41. The van der Waals surface area contributed by atoms with E-state index in [-0.39, 0.29) is 61.4 Å². The fourth-order valence-corrected chi connectivity index (χ4v) is 5.97. The molecule has 4 heterocycles. The van der Waals surface area contributed by atoms with Crippen molar-refractivity contribution < 1.29 is 45.7 Å². The van der Waals surface area contributed by atoms with Crippen LogP contribution in [0.2, 0.25) is 0 Å². The van der Waals surface area contributed by atoms with Crippen molar-refractivity contribution in [2.24, 2.45) is 5.73 Å². The number of nitrogens with two attached hydrogens (primary N) is 1. The number of alkyl halides is 6. The maximum Gasteiger partial charge on any atom is 0.416 e. The molecule has 2 atom stereocenters. The van der Waals surface area contributed by atoms with E-state index in [1.54, 1.807) is 19.1 Å². The molecule has 2 aliphatic heterocycles. The summed E-state index contributed by atoms with van der Waals surface area (Å²) in [5.41, 5.74) is 3.74. The number of nitrogens with one attached hydrogen (secondary N) is 1. The molecule has 1 aromatic carbocycles. The molecule has 11 nitrogen and oxygen atoms in total. The fourth-order valence-electron chi connectivity index (χ4n) is 5.97. The summed E-state index contributed by atoms with van der Waals surface area (Å²) in [7, 11) is 1.41. The summed E-state index contributed by atoms with van der Waals surface area (Å²) >= 11 is 0. The molecule has 2 aliphatic rings. The van der Waals surface area contributed by atoms with Gasteiger partial charge in [-0.2, -0.15) is 26.3 Å². The van der Waals surface area contributed by atoms with Gasteiger partial charge in [-0.25, -0.2) is 19.7 Å². The van der Waals surface area contributed by atoms with Gasteiger partial charge in [0.05, 0.1) is 78.6 Å². The highest BCUT2D eigenvalue weighted by atomic mass is 19.4. The lowest BCUT2D eigenvalue weighted by molar-refractivity contribution is -0.143. The Morgan fingerprint density at radius 3 is 2.33 bits per heavy atom. The number of fused-ring (bicyclic) bond motifs is 1. The summed E-state index contributed by atoms with van der Waals surface area (Å²) in [5, 5.41) is 11.9. The average Bonchev–Trinajstić information content (AvgIpc) is 3.06. The predicted molar refractivity (Wildman–Crippen MR) is 162 cm³/mol. The van der Waals surface area contributed by atoms with Crippen molar-refractivity contribution in [3.8, 4) is 5.88 Å². The molecule has 0 aliphatic carbocycles. The summed E-state index contributed by atoms with van der Waals surface area (Å²) in [5.74, 6) is -0.387. The Hall–Kier alpha value is -4.22. The Bertz CT molecular complexity index is 1600. The number of carbonyl (C=O) groups excluding carboxylic acids is 1. The summed E-state index contributed by atoms with van der Waals surface area (Å²) in [6.07, 6.45) is -8.60. The van der Waals surface area contributed by atoms with Crippen molar-refractivity contribution in [1.82, 2.24) is 20.3 Å². The number of ether oxygens (including phenoxy) is 2. The quantitative estimate of drug-likeness (QED) is 0.294. The molecular formula is C31H35F6N7O4. The third kappa shape index (κ3) is 7.27. The average molecular weight is 684 g/mol. The predicted octanol–water partition coefficient (Wildman–Crippen LogP) is 4.45. The molecule has 4 N–H and O–H groups in total. The van der Waals surface area contributed by atoms with Gasteiger partial charge in [0.25, 0.3) is 0 Å². The topological polar surface area (TPSA) is 139 Å². The first kappa shape index (κ1) is 35.1. The molecule has 0 bridgehead atoms. The smallest absolute Gasteiger partial charge is 0.416 e. The normalized spacial score (nSPS) is 20.0. The zero-order valence-electron chi connectivity index (χ0n) is 26.2. The van der Waals surface area contributed by atoms with Crippen LogP contribution in [0.15, 0.2) is 36.5 Å². The monoisotopic (exact) mass is 683 g/mol. The molecule has 1 saturated heterocycles. The van der Waals surface area contributed by atoms with E-state index >= 15 is 0 Å². The largest absolute Gasteiger partial charge is 0.481 e. The number of nitrogens with zero attached hydrogens (tertiary/aromatic N) is 5. The van der Waals surface area contributed by atoms with Gasteiger partial charge >= 0.3 is 18.4 Å². The summed E-state index contributed by atoms with van der Waals surface area (Å²) < 4.78 is 93.2. The van der Waals surface area contributed by atoms with E-state index in [4.69, 9.17) is 20.2 Å². The second kappa shape index (κ2) is 13.7. The highest BCUT2D eigenvalue weighted by Gasteiger charge is 2.46. The SMILES string of the molecule is CC[C@]1(N)C[C@H](c2ncc(N3CCOCC3)c(Cc3cc(C(F)(F)F)cc(C(F)(F)F)c3)n2)c2nc(OC)ccc2N1C(=O)NCCO. The summed E-state index contributed by atoms with van der Waals surface area (Å²) in [6, 6.07) is 4.04. The first-order chi connectivity index (χ1) is 22.7. The lowest BCUT2D eigenvalue weighted by atomic mass is 9.83. The van der Waals surface area contributed by atoms with Gasteiger partial charge in [0.1, 0.15) is 5.82 Å². The van der Waals surface area contributed by atoms with E-state index in [1.807, 2.05) is 4.90 Å². The van der Waals surface area contributed by atoms with Crippen molar-refractivity contribution >= 4 is 17.4 Å². The molecule has 48 heavy (non-hydrogen) atoms. The van der Waals surface area contributed by atoms with Crippen molar-refractivity contribution in [2.75, 3.05) is 56.4 Å². The number of methoxy groups -OCH3 is 1. The van der Waals surface area contributed by atoms with Gasteiger partial charge < -0.3 is 30.5 Å². The minimum atomic E-state index is -5.02. The highest BCUT2D eigenvalue weighted by Crippen LogP contribution is 2.45. The lowest BCUT2D eigenvalue weighted by Crippen LogP contribution is -2.64. The fraction of sp³-hybridized carbons (Fsp3) is 0.484. The molecule has 0 unspecified atom stereocenters. The molecule has 0 spiro atoms. The van der Waals surface area contributed by atoms with Gasteiger partial charge in [0, 0.05) is 32.1 Å². The van der Waals surface area contributed by atoms with Crippen molar-refractivity contribution in [3.63, 3.8) is 0 Å². The highest BCUT2D eigenvalue weighted by molar-refractivity contribution is 5.95. The number of aliphatic hydroxyl groups is 1. The Morgan fingerprint density at radius 2 is 1.75 bits per heavy atom. The number of hydrogen-bond acceptors (Lipinski definition) is 9. The standard InChI is InChI=1S/C31H35F6N7O4/c1-3-29(38)16-21(26-23(4-5-25(42-26)47-2)44(29)28(46)39-6-9-45)27-40-17-24(43-7-10-48-11-8-43)22(41-27)14-18-12-19(30(32,33)34)15-20(13-18)31(35,36)37/h4-5,12-13,15,17,21,45H,3,6-11,14,16,38H2,1-2H3,(H,39,46)/t21-,29+/m0/s1. The van der Waals surface area contributed by atoms with E-state index < -0.39 is 41.1 Å². The van der Waals surface area contributed by atoms with Crippen molar-refractivity contribution in [1.29, 1.82) is 0 Å². The van der Waals surface area contributed by atoms with Crippen LogP contribution in [0, 0.1) is 0 Å². The number of anilines is 2. The number of benzene rings is 1. The first-order valence-corrected chi connectivity index (χ1v) is 15.2. The van der Waals surface area contributed by atoms with E-state index in [1.165, 1.54) is 18.2 Å². The zero-order chi connectivity index (χ0) is 34.9. The van der Waals surface area contributed by atoms with Gasteiger partial charge in [0.15, 0.2) is 0 Å². The van der Waals surface area contributed by atoms with E-state index in [2.05, 4.69) is 15.3 Å². The van der Waals surface area contributed by atoms with E-state index in [9.17, 15) is 36.2 Å². The van der Waals surface area contributed by atoms with E-state index in [0.717, 1.165) is 0 Å². The molecule has 0 saturated carbocycles. The van der Waals surface area contributed by atoms with Crippen LogP contribution in [0.3, 0.4) is 0 Å². The number of hydrogen-bond donors (Lipinski definition) is 3. The third-order valence-electron chi connectivity index (χ3n) is 8.41. The second-order valence-electron chi connectivity index (χ2n) is 11.5. The maximum absolute atomic E-state index is 13.7. The first-order valence-electron chi connectivity index (χ1n) is 15.2. The number of halogens is 6. The molecule has 1 fully saturated rings. The number of aliphatic hydroxyl groups excluding tert-OH is 1. The molecule has 0 radical (unpaired) electrons. The summed E-state index contributed by atoms with van der Waals surface area (Å²) in [4.78, 5) is 30.5. The number of amides is 2. The lowest BCUT2D eigenvalue weighted by Gasteiger charge is -2.46. The Balaban J connectivity index is 1.66. The number of pyridine rings is 1. The van der Waals surface area contributed by atoms with Crippen LogP contribution >= 0.6 is 0 Å². The molecule has 17 heteroatoms. The van der Waals surface area contributed by atoms with Crippen LogP contribution in [-0.2, 0) is 23.5 Å². The van der Waals surface area contributed by atoms with Crippen LogP contribution < -0.4 is 25.6 Å². The molecule has 5 rings (SSSR count). The Morgan fingerprint density at radius 1 is 1.08 bits per heavy atom. The van der Waals surface area contributed by atoms with Gasteiger partial charge in [-0.1, -0.05) is 6.92 Å². The Labute approximate surface area is 272 Å². The number of aromatic nitrogens is 3. The van der Waals surface area contributed by atoms with Gasteiger partial charge in [0.2, 0.25) is 5.88 Å². The molecular weight excluding hydrogens is 648 g/mol. The number of morpholine rings is 1. The van der Waals surface area contributed by atoms with Gasteiger partial charge in [-0.15, -0.1) is 0 Å². The van der Waals surface area contributed by atoms with Crippen molar-refractivity contribution in [2.45, 2.75) is 50.1 Å². The van der Waals surface area contributed by atoms with Crippen LogP contribution in [0.5, 0.6) is 5.88 Å². The van der Waals surface area contributed by atoms with Gasteiger partial charge in [-0.05, 0) is 42.7 Å². The van der Waals surface area contributed by atoms with Crippen LogP contribution in [0.25, 0.3) is 0 Å². The zero-order valence-corrected chi connectivity index (χ0v) is 26.2. The minimum Gasteiger partial charge on any atom is -0.481 e. The minimum absolute atomic E-state index is 0.0292. The molecule has 2 amide bonds. The molecule has 260 valence electrons. The summed E-state index contributed by atoms with van der Waals surface area (Å²) in [6.45, 7) is 2.95. The number of rotatable bonds is 8. The van der Waals surface area contributed by atoms with E-state index in [0.29, 0.717) is 55.5 Å². The van der Waals surface area contributed by atoms with Crippen LogP contribution in [0.1, 0.15) is 59.6 Å². The molecule has 3 aromatic rings. The number of carbonyl (C=O) groups is 1. The number of urea groups is 1. The maximum atomic E-state index is 13.7.